The number of carbonyl (C=O) groups is 2. The summed E-state index contributed by atoms with van der Waals surface area (Å²) in [6.45, 7) is 0.0832. The Balaban J connectivity index is 2.21. The maximum atomic E-state index is 11.3. The van der Waals surface area contributed by atoms with Crippen molar-refractivity contribution in [1.82, 2.24) is 5.32 Å². The van der Waals surface area contributed by atoms with Crippen LogP contribution >= 0.6 is 11.6 Å². The van der Waals surface area contributed by atoms with Crippen LogP contribution in [0.4, 0.5) is 0 Å². The fraction of sp³-hybridized carbons (Fsp3) is 0.333. The van der Waals surface area contributed by atoms with E-state index in [0.29, 0.717) is 10.8 Å². The summed E-state index contributed by atoms with van der Waals surface area (Å²) in [7, 11) is 1.26. The highest BCUT2D eigenvalue weighted by molar-refractivity contribution is 6.30. The third-order valence-electron chi connectivity index (χ3n) is 2.05. The number of halogens is 1. The van der Waals surface area contributed by atoms with E-state index in [0.717, 1.165) is 0 Å². The lowest BCUT2D eigenvalue weighted by atomic mass is 10.3. The van der Waals surface area contributed by atoms with Gasteiger partial charge in [-0.1, -0.05) is 17.7 Å². The van der Waals surface area contributed by atoms with E-state index in [4.69, 9.17) is 16.3 Å². The molecule has 98 valence electrons. The van der Waals surface area contributed by atoms with Crippen molar-refractivity contribution < 1.29 is 19.1 Å². The molecule has 1 aromatic rings. The van der Waals surface area contributed by atoms with Crippen molar-refractivity contribution in [2.45, 2.75) is 6.42 Å². The van der Waals surface area contributed by atoms with Gasteiger partial charge in [0, 0.05) is 5.02 Å². The summed E-state index contributed by atoms with van der Waals surface area (Å²) in [5.41, 5.74) is 0. The number of methoxy groups -OCH3 is 1. The summed E-state index contributed by atoms with van der Waals surface area (Å²) in [5, 5.41) is 2.98. The smallest absolute Gasteiger partial charge is 0.325 e. The molecule has 0 saturated heterocycles. The topological polar surface area (TPSA) is 64.6 Å². The van der Waals surface area contributed by atoms with Crippen LogP contribution in [0.5, 0.6) is 5.75 Å². The number of benzene rings is 1. The molecule has 1 N–H and O–H groups in total. The Bertz CT molecular complexity index is 422. The van der Waals surface area contributed by atoms with E-state index in [1.165, 1.54) is 7.11 Å². The molecule has 1 rings (SSSR count). The van der Waals surface area contributed by atoms with Crippen LogP contribution in [0, 0.1) is 0 Å². The molecule has 0 aromatic heterocycles. The first-order valence-corrected chi connectivity index (χ1v) is 5.71. The van der Waals surface area contributed by atoms with Crippen molar-refractivity contribution in [1.29, 1.82) is 0 Å². The third kappa shape index (κ3) is 5.54. The van der Waals surface area contributed by atoms with E-state index in [9.17, 15) is 9.59 Å². The molecule has 0 heterocycles. The molecule has 0 radical (unpaired) electrons. The molecular formula is C12H14ClNO4. The Morgan fingerprint density at radius 2 is 2.17 bits per heavy atom. The van der Waals surface area contributed by atoms with Crippen LogP contribution in [0.15, 0.2) is 24.3 Å². The molecule has 0 aliphatic heterocycles. The number of rotatable bonds is 6. The lowest BCUT2D eigenvalue weighted by Gasteiger charge is -2.06. The Morgan fingerprint density at radius 1 is 1.39 bits per heavy atom. The van der Waals surface area contributed by atoms with E-state index in [2.05, 4.69) is 10.1 Å². The van der Waals surface area contributed by atoms with Gasteiger partial charge in [0.05, 0.1) is 20.1 Å². The minimum Gasteiger partial charge on any atom is -0.493 e. The molecule has 0 aliphatic rings. The fourth-order valence-corrected chi connectivity index (χ4v) is 1.33. The molecular weight excluding hydrogens is 258 g/mol. The van der Waals surface area contributed by atoms with Crippen LogP contribution in [-0.2, 0) is 14.3 Å². The average Bonchev–Trinajstić information content (AvgIpc) is 2.36. The zero-order chi connectivity index (χ0) is 13.4. The van der Waals surface area contributed by atoms with Crippen LogP contribution in [0.1, 0.15) is 6.42 Å². The number of ether oxygens (including phenoxy) is 2. The molecule has 0 unspecified atom stereocenters. The largest absolute Gasteiger partial charge is 0.493 e. The van der Waals surface area contributed by atoms with Gasteiger partial charge in [-0.05, 0) is 18.2 Å². The molecule has 6 heteroatoms. The average molecular weight is 272 g/mol. The van der Waals surface area contributed by atoms with Gasteiger partial charge >= 0.3 is 5.97 Å². The first-order valence-electron chi connectivity index (χ1n) is 5.33. The SMILES string of the molecule is COC(=O)CNC(=O)CCOc1cccc(Cl)c1. The zero-order valence-corrected chi connectivity index (χ0v) is 10.7. The molecule has 5 nitrogen and oxygen atoms in total. The number of nitrogens with one attached hydrogen (secondary N) is 1. The standard InChI is InChI=1S/C12H14ClNO4/c1-17-12(16)8-14-11(15)5-6-18-10-4-2-3-9(13)7-10/h2-4,7H,5-6,8H2,1H3,(H,14,15). The molecule has 18 heavy (non-hydrogen) atoms. The van der Waals surface area contributed by atoms with Crippen LogP contribution in [0.2, 0.25) is 5.02 Å². The Labute approximate surface area is 110 Å². The van der Waals surface area contributed by atoms with Crippen molar-refractivity contribution in [3.8, 4) is 5.75 Å². The van der Waals surface area contributed by atoms with Crippen LogP contribution in [0.25, 0.3) is 0 Å². The molecule has 0 fully saturated rings. The molecule has 0 saturated carbocycles. The van der Waals surface area contributed by atoms with Gasteiger partial charge in [-0.15, -0.1) is 0 Å². The van der Waals surface area contributed by atoms with Crippen molar-refractivity contribution in [2.24, 2.45) is 0 Å². The quantitative estimate of drug-likeness (QED) is 0.795. The summed E-state index contributed by atoms with van der Waals surface area (Å²) in [6, 6.07) is 6.90. The van der Waals surface area contributed by atoms with E-state index in [1.807, 2.05) is 0 Å². The zero-order valence-electron chi connectivity index (χ0n) is 9.94. The number of carbonyl (C=O) groups excluding carboxylic acids is 2. The third-order valence-corrected chi connectivity index (χ3v) is 2.29. The molecule has 0 spiro atoms. The van der Waals surface area contributed by atoms with Crippen LogP contribution < -0.4 is 10.1 Å². The molecule has 1 aromatic carbocycles. The summed E-state index contributed by atoms with van der Waals surface area (Å²) < 4.78 is 9.72. The van der Waals surface area contributed by atoms with Crippen molar-refractivity contribution in [2.75, 3.05) is 20.3 Å². The Kier molecular flexibility index (Phi) is 6.00. The highest BCUT2D eigenvalue weighted by Gasteiger charge is 2.05. The van der Waals surface area contributed by atoms with Gasteiger partial charge in [0.25, 0.3) is 0 Å². The fourth-order valence-electron chi connectivity index (χ4n) is 1.15. The van der Waals surface area contributed by atoms with Gasteiger partial charge in [-0.25, -0.2) is 0 Å². The first kappa shape index (κ1) is 14.3. The predicted molar refractivity (Wildman–Crippen MR) is 66.6 cm³/mol. The second kappa shape index (κ2) is 7.55. The molecule has 0 atom stereocenters. The van der Waals surface area contributed by atoms with Gasteiger partial charge in [-0.2, -0.15) is 0 Å². The minimum atomic E-state index is -0.487. The van der Waals surface area contributed by atoms with Gasteiger partial charge in [0.2, 0.25) is 5.91 Å². The van der Waals surface area contributed by atoms with Gasteiger partial charge in [0.1, 0.15) is 12.3 Å². The van der Waals surface area contributed by atoms with E-state index >= 15 is 0 Å². The maximum Gasteiger partial charge on any atom is 0.325 e. The number of esters is 1. The van der Waals surface area contributed by atoms with E-state index in [1.54, 1.807) is 24.3 Å². The maximum absolute atomic E-state index is 11.3. The minimum absolute atomic E-state index is 0.132. The van der Waals surface area contributed by atoms with E-state index in [-0.39, 0.29) is 25.5 Å². The Hall–Kier alpha value is -1.75. The van der Waals surface area contributed by atoms with Crippen molar-refractivity contribution in [3.05, 3.63) is 29.3 Å². The highest BCUT2D eigenvalue weighted by atomic mass is 35.5. The molecule has 1 amide bonds. The number of hydrogen-bond donors (Lipinski definition) is 1. The Morgan fingerprint density at radius 3 is 2.83 bits per heavy atom. The summed E-state index contributed by atoms with van der Waals surface area (Å²) in [4.78, 5) is 22.1. The van der Waals surface area contributed by atoms with Crippen molar-refractivity contribution >= 4 is 23.5 Å². The molecule has 0 bridgehead atoms. The lowest BCUT2D eigenvalue weighted by molar-refractivity contribution is -0.141. The number of amides is 1. The normalized spacial score (nSPS) is 9.67. The predicted octanol–water partition coefficient (Wildman–Crippen LogP) is 1.40. The molecule has 0 aliphatic carbocycles. The number of hydrogen-bond acceptors (Lipinski definition) is 4. The second-order valence-corrected chi connectivity index (χ2v) is 3.85. The van der Waals surface area contributed by atoms with Crippen LogP contribution in [-0.4, -0.2) is 32.1 Å². The monoisotopic (exact) mass is 271 g/mol. The van der Waals surface area contributed by atoms with E-state index < -0.39 is 5.97 Å². The van der Waals surface area contributed by atoms with Gasteiger partial charge in [0.15, 0.2) is 0 Å². The second-order valence-electron chi connectivity index (χ2n) is 3.41. The van der Waals surface area contributed by atoms with Gasteiger partial charge in [-0.3, -0.25) is 9.59 Å². The summed E-state index contributed by atoms with van der Waals surface area (Å²) >= 11 is 5.78. The first-order chi connectivity index (χ1) is 8.61. The highest BCUT2D eigenvalue weighted by Crippen LogP contribution is 2.16. The summed E-state index contributed by atoms with van der Waals surface area (Å²) in [6.07, 6.45) is 0.156. The van der Waals surface area contributed by atoms with Gasteiger partial charge < -0.3 is 14.8 Å². The van der Waals surface area contributed by atoms with Crippen LogP contribution in [0.3, 0.4) is 0 Å². The summed E-state index contributed by atoms with van der Waals surface area (Å²) in [5.74, 6) is -0.162. The van der Waals surface area contributed by atoms with Crippen molar-refractivity contribution in [3.63, 3.8) is 0 Å². The lowest BCUT2D eigenvalue weighted by Crippen LogP contribution is -2.30.